The number of carbonyl (C=O) groups excluding carboxylic acids is 1. The van der Waals surface area contributed by atoms with Gasteiger partial charge in [-0.25, -0.2) is 9.97 Å². The van der Waals surface area contributed by atoms with Gasteiger partial charge in [-0.15, -0.1) is 0 Å². The number of nitrogens with zero attached hydrogens (tertiary/aromatic N) is 4. The second-order valence-electron chi connectivity index (χ2n) is 8.82. The molecular formula is C24H32N4O2. The molecule has 1 aromatic heterocycles. The van der Waals surface area contributed by atoms with Gasteiger partial charge >= 0.3 is 0 Å². The molecule has 6 heteroatoms. The van der Waals surface area contributed by atoms with Crippen molar-refractivity contribution in [3.63, 3.8) is 0 Å². The second-order valence-corrected chi connectivity index (χ2v) is 8.82. The monoisotopic (exact) mass is 408 g/mol. The molecule has 0 spiro atoms. The number of ether oxygens (including phenoxy) is 1. The number of carbonyl (C=O) groups is 1. The highest BCUT2D eigenvalue weighted by molar-refractivity contribution is 5.77. The van der Waals surface area contributed by atoms with Crippen molar-refractivity contribution in [3.8, 4) is 0 Å². The van der Waals surface area contributed by atoms with Crippen LogP contribution in [0.4, 0.5) is 5.82 Å². The number of hydrogen-bond donors (Lipinski definition) is 0. The number of aromatic nitrogens is 2. The third-order valence-corrected chi connectivity index (χ3v) is 5.78. The Morgan fingerprint density at radius 3 is 2.70 bits per heavy atom. The van der Waals surface area contributed by atoms with E-state index in [1.54, 1.807) is 0 Å². The lowest BCUT2D eigenvalue weighted by molar-refractivity contribution is -0.132. The third kappa shape index (κ3) is 4.81. The van der Waals surface area contributed by atoms with E-state index in [1.807, 2.05) is 4.90 Å². The maximum atomic E-state index is 12.7. The normalized spacial score (nSPS) is 16.7. The van der Waals surface area contributed by atoms with E-state index in [-0.39, 0.29) is 5.91 Å². The fourth-order valence-electron chi connectivity index (χ4n) is 4.26. The molecule has 0 aliphatic carbocycles. The molecule has 1 saturated heterocycles. The lowest BCUT2D eigenvalue weighted by Crippen LogP contribution is -2.41. The maximum Gasteiger partial charge on any atom is 0.223 e. The van der Waals surface area contributed by atoms with E-state index in [1.165, 1.54) is 11.1 Å². The van der Waals surface area contributed by atoms with E-state index in [0.29, 0.717) is 32.1 Å². The fraction of sp³-hybridized carbons (Fsp3) is 0.542. The van der Waals surface area contributed by atoms with Crippen molar-refractivity contribution in [2.24, 2.45) is 5.92 Å². The predicted molar refractivity (Wildman–Crippen MR) is 118 cm³/mol. The Labute approximate surface area is 179 Å². The Bertz CT molecular complexity index is 906. The van der Waals surface area contributed by atoms with Crippen molar-refractivity contribution >= 4 is 11.7 Å². The van der Waals surface area contributed by atoms with Gasteiger partial charge in [0, 0.05) is 44.5 Å². The molecule has 1 amide bonds. The quantitative estimate of drug-likeness (QED) is 0.761. The number of benzene rings is 1. The highest BCUT2D eigenvalue weighted by atomic mass is 16.5. The van der Waals surface area contributed by atoms with E-state index in [0.717, 1.165) is 55.4 Å². The topological polar surface area (TPSA) is 58.6 Å². The minimum Gasteiger partial charge on any atom is -0.378 e. The minimum atomic E-state index is 0.229. The van der Waals surface area contributed by atoms with Gasteiger partial charge in [-0.1, -0.05) is 43.7 Å². The number of hydrogen-bond acceptors (Lipinski definition) is 5. The molecule has 160 valence electrons. The highest BCUT2D eigenvalue weighted by Gasteiger charge is 2.28. The average molecular weight is 409 g/mol. The van der Waals surface area contributed by atoms with Gasteiger partial charge in [0.2, 0.25) is 5.91 Å². The van der Waals surface area contributed by atoms with Crippen molar-refractivity contribution in [3.05, 3.63) is 52.5 Å². The molecule has 4 rings (SSSR count). The van der Waals surface area contributed by atoms with E-state index in [2.05, 4.69) is 49.9 Å². The largest absolute Gasteiger partial charge is 0.378 e. The Morgan fingerprint density at radius 1 is 1.17 bits per heavy atom. The summed E-state index contributed by atoms with van der Waals surface area (Å²) in [6, 6.07) is 8.53. The SMILES string of the molecule is Cc1cccc(Cc2nc3c(c(N4CCOCC4)n2)CN(C(=O)CC(C)C)CC3)c1. The van der Waals surface area contributed by atoms with E-state index in [4.69, 9.17) is 14.7 Å². The maximum absolute atomic E-state index is 12.7. The third-order valence-electron chi connectivity index (χ3n) is 5.78. The van der Waals surface area contributed by atoms with Crippen LogP contribution in [0.2, 0.25) is 0 Å². The summed E-state index contributed by atoms with van der Waals surface area (Å²) in [6.45, 7) is 10.7. The molecule has 30 heavy (non-hydrogen) atoms. The van der Waals surface area contributed by atoms with Gasteiger partial charge in [-0.3, -0.25) is 4.79 Å². The average Bonchev–Trinajstić information content (AvgIpc) is 2.73. The zero-order valence-corrected chi connectivity index (χ0v) is 18.4. The molecule has 0 bridgehead atoms. The van der Waals surface area contributed by atoms with Crippen molar-refractivity contribution in [2.45, 2.75) is 46.6 Å². The number of anilines is 1. The first-order valence-electron chi connectivity index (χ1n) is 11.0. The van der Waals surface area contributed by atoms with Gasteiger partial charge in [0.25, 0.3) is 0 Å². The summed E-state index contributed by atoms with van der Waals surface area (Å²) in [5.41, 5.74) is 4.70. The molecular weight excluding hydrogens is 376 g/mol. The Kier molecular flexibility index (Phi) is 6.32. The van der Waals surface area contributed by atoms with Crippen molar-refractivity contribution in [1.82, 2.24) is 14.9 Å². The summed E-state index contributed by atoms with van der Waals surface area (Å²) >= 11 is 0. The van der Waals surface area contributed by atoms with Crippen LogP contribution in [0.25, 0.3) is 0 Å². The molecule has 0 radical (unpaired) electrons. The molecule has 1 fully saturated rings. The summed E-state index contributed by atoms with van der Waals surface area (Å²) in [5.74, 6) is 2.45. The minimum absolute atomic E-state index is 0.229. The first kappa shape index (κ1) is 20.8. The Morgan fingerprint density at radius 2 is 1.97 bits per heavy atom. The number of fused-ring (bicyclic) bond motifs is 1. The molecule has 2 aliphatic rings. The van der Waals surface area contributed by atoms with Gasteiger partial charge in [0.15, 0.2) is 0 Å². The number of morpholine rings is 1. The molecule has 0 N–H and O–H groups in total. The lowest BCUT2D eigenvalue weighted by atomic mass is 10.0. The zero-order chi connectivity index (χ0) is 21.1. The Hall–Kier alpha value is -2.47. The number of rotatable bonds is 5. The highest BCUT2D eigenvalue weighted by Crippen LogP contribution is 2.28. The summed E-state index contributed by atoms with van der Waals surface area (Å²) in [5, 5.41) is 0. The first-order valence-corrected chi connectivity index (χ1v) is 11.0. The second kappa shape index (κ2) is 9.13. The molecule has 6 nitrogen and oxygen atoms in total. The predicted octanol–water partition coefficient (Wildman–Crippen LogP) is 3.14. The Balaban J connectivity index is 1.65. The number of aryl methyl sites for hydroxylation is 1. The van der Waals surface area contributed by atoms with Gasteiger partial charge in [-0.2, -0.15) is 0 Å². The zero-order valence-electron chi connectivity index (χ0n) is 18.4. The van der Waals surface area contributed by atoms with Crippen LogP contribution in [-0.4, -0.2) is 53.6 Å². The van der Waals surface area contributed by atoms with E-state index in [9.17, 15) is 4.79 Å². The van der Waals surface area contributed by atoms with Gasteiger partial charge < -0.3 is 14.5 Å². The standard InChI is InChI=1S/C24H32N4O2/c1-17(2)13-23(29)28-8-7-21-20(16-28)24(27-9-11-30-12-10-27)26-22(25-21)15-19-6-4-5-18(3)14-19/h4-6,14,17H,7-13,15-16H2,1-3H3. The molecule has 0 unspecified atom stereocenters. The van der Waals surface area contributed by atoms with Crippen LogP contribution in [0.5, 0.6) is 0 Å². The van der Waals surface area contributed by atoms with Crippen LogP contribution >= 0.6 is 0 Å². The van der Waals surface area contributed by atoms with Crippen molar-refractivity contribution in [2.75, 3.05) is 37.7 Å². The van der Waals surface area contributed by atoms with Crippen LogP contribution in [0.3, 0.4) is 0 Å². The van der Waals surface area contributed by atoms with Gasteiger partial charge in [-0.05, 0) is 18.4 Å². The molecule has 0 atom stereocenters. The van der Waals surface area contributed by atoms with Crippen molar-refractivity contribution in [1.29, 1.82) is 0 Å². The first-order chi connectivity index (χ1) is 14.5. The van der Waals surface area contributed by atoms with Gasteiger partial charge in [0.1, 0.15) is 11.6 Å². The van der Waals surface area contributed by atoms with Crippen LogP contribution in [0.15, 0.2) is 24.3 Å². The van der Waals surface area contributed by atoms with E-state index >= 15 is 0 Å². The van der Waals surface area contributed by atoms with Crippen molar-refractivity contribution < 1.29 is 9.53 Å². The van der Waals surface area contributed by atoms with Gasteiger partial charge in [0.05, 0.1) is 25.5 Å². The summed E-state index contributed by atoms with van der Waals surface area (Å²) in [7, 11) is 0. The molecule has 3 heterocycles. The van der Waals surface area contributed by atoms with Crippen LogP contribution in [0.1, 0.15) is 48.5 Å². The van der Waals surface area contributed by atoms with Crippen LogP contribution in [0, 0.1) is 12.8 Å². The molecule has 1 aromatic carbocycles. The molecule has 0 saturated carbocycles. The molecule has 2 aliphatic heterocycles. The summed E-state index contributed by atoms with van der Waals surface area (Å²) in [6.07, 6.45) is 2.11. The van der Waals surface area contributed by atoms with E-state index < -0.39 is 0 Å². The fourth-order valence-corrected chi connectivity index (χ4v) is 4.26. The smallest absolute Gasteiger partial charge is 0.223 e. The van der Waals surface area contributed by atoms with Crippen LogP contribution in [-0.2, 0) is 28.9 Å². The van der Waals surface area contributed by atoms with Crippen LogP contribution < -0.4 is 4.90 Å². The lowest BCUT2D eigenvalue weighted by Gasteiger charge is -2.35. The number of amides is 1. The molecule has 2 aromatic rings. The summed E-state index contributed by atoms with van der Waals surface area (Å²) < 4.78 is 5.56. The summed E-state index contributed by atoms with van der Waals surface area (Å²) in [4.78, 5) is 26.9.